The average molecular weight is 398 g/mol. The molecule has 1 heterocycles. The molecule has 0 bridgehead atoms. The summed E-state index contributed by atoms with van der Waals surface area (Å²) in [6.07, 6.45) is 1.85. The van der Waals surface area contributed by atoms with Gasteiger partial charge in [-0.3, -0.25) is 5.32 Å². The van der Waals surface area contributed by atoms with E-state index in [1.54, 1.807) is 29.8 Å². The number of nitrogens with one attached hydrogen (secondary N) is 2. The molecule has 3 rings (SSSR count). The first kappa shape index (κ1) is 19.6. The van der Waals surface area contributed by atoms with E-state index in [2.05, 4.69) is 17.3 Å². The first-order valence-corrected chi connectivity index (χ1v) is 10.4. The minimum absolute atomic E-state index is 0.0373. The molecule has 0 fully saturated rings. The van der Waals surface area contributed by atoms with Crippen LogP contribution in [0.2, 0.25) is 0 Å². The molecule has 28 heavy (non-hydrogen) atoms. The van der Waals surface area contributed by atoms with Crippen LogP contribution in [0, 0.1) is 6.92 Å². The number of nitrogens with zero attached hydrogens (tertiary/aromatic N) is 2. The third kappa shape index (κ3) is 4.58. The van der Waals surface area contributed by atoms with Crippen molar-refractivity contribution in [3.8, 4) is 5.69 Å². The van der Waals surface area contributed by atoms with Crippen LogP contribution in [0.3, 0.4) is 0 Å². The van der Waals surface area contributed by atoms with Gasteiger partial charge in [-0.2, -0.15) is 5.10 Å². The molecular weight excluding hydrogens is 376 g/mol. The van der Waals surface area contributed by atoms with Crippen molar-refractivity contribution < 1.29 is 13.2 Å². The Morgan fingerprint density at radius 2 is 1.75 bits per heavy atom. The summed E-state index contributed by atoms with van der Waals surface area (Å²) in [5, 5.41) is 6.90. The Hall–Kier alpha value is -3.13. The highest BCUT2D eigenvalue weighted by Crippen LogP contribution is 2.17. The highest BCUT2D eigenvalue weighted by atomic mass is 32.2. The van der Waals surface area contributed by atoms with E-state index in [4.69, 9.17) is 0 Å². The second-order valence-corrected chi connectivity index (χ2v) is 8.05. The number of para-hydroxylation sites is 1. The van der Waals surface area contributed by atoms with Crippen molar-refractivity contribution >= 4 is 21.9 Å². The van der Waals surface area contributed by atoms with Crippen LogP contribution in [0.1, 0.15) is 24.6 Å². The molecular formula is C20H22N4O3S. The Morgan fingerprint density at radius 3 is 2.39 bits per heavy atom. The predicted octanol–water partition coefficient (Wildman–Crippen LogP) is 3.64. The van der Waals surface area contributed by atoms with Crippen molar-refractivity contribution in [2.75, 3.05) is 5.32 Å². The molecule has 2 amide bonds. The fraction of sp³-hybridized carbons (Fsp3) is 0.200. The molecule has 0 spiro atoms. The molecule has 0 aliphatic rings. The fourth-order valence-electron chi connectivity index (χ4n) is 2.80. The molecule has 0 radical (unpaired) electrons. The molecule has 146 valence electrons. The number of aryl methyl sites for hydroxylation is 2. The van der Waals surface area contributed by atoms with E-state index in [-0.39, 0.29) is 4.90 Å². The normalized spacial score (nSPS) is 11.2. The summed E-state index contributed by atoms with van der Waals surface area (Å²) in [5.74, 6) is 0.370. The van der Waals surface area contributed by atoms with Gasteiger partial charge in [-0.05, 0) is 43.2 Å². The number of benzene rings is 2. The summed E-state index contributed by atoms with van der Waals surface area (Å²) in [6.45, 7) is 3.84. The zero-order valence-corrected chi connectivity index (χ0v) is 16.5. The predicted molar refractivity (Wildman–Crippen MR) is 108 cm³/mol. The first-order valence-electron chi connectivity index (χ1n) is 8.94. The number of hydrogen-bond acceptors (Lipinski definition) is 4. The van der Waals surface area contributed by atoms with E-state index in [1.165, 1.54) is 12.1 Å². The molecule has 2 N–H and O–H groups in total. The Morgan fingerprint density at radius 1 is 1.07 bits per heavy atom. The topological polar surface area (TPSA) is 93.1 Å². The van der Waals surface area contributed by atoms with Crippen molar-refractivity contribution in [1.29, 1.82) is 0 Å². The quantitative estimate of drug-likeness (QED) is 0.663. The molecule has 3 aromatic rings. The van der Waals surface area contributed by atoms with E-state index >= 15 is 0 Å². The SMILES string of the molecule is CCCc1ccc(S(=O)(=O)NC(=O)Nc2cc(C)nn2-c2ccccc2)cc1. The highest BCUT2D eigenvalue weighted by Gasteiger charge is 2.19. The monoisotopic (exact) mass is 398 g/mol. The summed E-state index contributed by atoms with van der Waals surface area (Å²) in [5.41, 5.74) is 2.49. The Bertz CT molecular complexity index is 1060. The van der Waals surface area contributed by atoms with Crippen LogP contribution >= 0.6 is 0 Å². The smallest absolute Gasteiger partial charge is 0.291 e. The number of sulfonamides is 1. The van der Waals surface area contributed by atoms with Gasteiger partial charge in [0.15, 0.2) is 0 Å². The van der Waals surface area contributed by atoms with Crippen molar-refractivity contribution in [1.82, 2.24) is 14.5 Å². The first-order chi connectivity index (χ1) is 13.4. The van der Waals surface area contributed by atoms with Gasteiger partial charge >= 0.3 is 6.03 Å². The number of carbonyl (C=O) groups excluding carboxylic acids is 1. The lowest BCUT2D eigenvalue weighted by molar-refractivity contribution is 0.256. The summed E-state index contributed by atoms with van der Waals surface area (Å²) in [6, 6.07) is 16.6. The van der Waals surface area contributed by atoms with Crippen molar-refractivity contribution in [3.63, 3.8) is 0 Å². The highest BCUT2D eigenvalue weighted by molar-refractivity contribution is 7.90. The maximum Gasteiger partial charge on any atom is 0.334 e. The lowest BCUT2D eigenvalue weighted by Gasteiger charge is -2.11. The third-order valence-electron chi connectivity index (χ3n) is 4.07. The molecule has 8 heteroatoms. The lowest BCUT2D eigenvalue weighted by atomic mass is 10.1. The van der Waals surface area contributed by atoms with Gasteiger partial charge in [0, 0.05) is 6.07 Å². The molecule has 1 aromatic heterocycles. The fourth-order valence-corrected chi connectivity index (χ4v) is 3.71. The van der Waals surface area contributed by atoms with Crippen molar-refractivity contribution in [3.05, 3.63) is 71.9 Å². The van der Waals surface area contributed by atoms with Gasteiger partial charge in [0.25, 0.3) is 10.0 Å². The maximum atomic E-state index is 12.5. The number of anilines is 1. The Kier molecular flexibility index (Phi) is 5.79. The second kappa shape index (κ2) is 8.26. The standard InChI is InChI=1S/C20H22N4O3S/c1-3-7-16-10-12-18(13-11-16)28(26,27)23-20(25)21-19-14-15(2)22-24(19)17-8-5-4-6-9-17/h4-6,8-14H,3,7H2,1-2H3,(H2,21,23,25). The Labute approximate surface area is 164 Å². The maximum absolute atomic E-state index is 12.5. The average Bonchev–Trinajstić information content (AvgIpc) is 3.02. The number of carbonyl (C=O) groups is 1. The minimum atomic E-state index is -3.97. The van der Waals surface area contributed by atoms with Crippen LogP contribution in [-0.4, -0.2) is 24.2 Å². The van der Waals surface area contributed by atoms with E-state index < -0.39 is 16.1 Å². The number of hydrogen-bond donors (Lipinski definition) is 2. The molecule has 0 aliphatic heterocycles. The summed E-state index contributed by atoms with van der Waals surface area (Å²) in [4.78, 5) is 12.4. The number of rotatable bonds is 6. The molecule has 0 aliphatic carbocycles. The molecule has 2 aromatic carbocycles. The van der Waals surface area contributed by atoms with Crippen LogP contribution in [0.5, 0.6) is 0 Å². The van der Waals surface area contributed by atoms with Crippen LogP contribution in [0.15, 0.2) is 65.6 Å². The van der Waals surface area contributed by atoms with E-state index in [1.807, 2.05) is 35.1 Å². The van der Waals surface area contributed by atoms with Crippen molar-refractivity contribution in [2.45, 2.75) is 31.6 Å². The Balaban J connectivity index is 1.75. The van der Waals surface area contributed by atoms with Gasteiger partial charge in [0.1, 0.15) is 5.82 Å². The van der Waals surface area contributed by atoms with Crippen LogP contribution in [0.25, 0.3) is 5.69 Å². The largest absolute Gasteiger partial charge is 0.334 e. The number of aromatic nitrogens is 2. The van der Waals surface area contributed by atoms with Gasteiger partial charge < -0.3 is 0 Å². The van der Waals surface area contributed by atoms with E-state index in [0.29, 0.717) is 11.5 Å². The van der Waals surface area contributed by atoms with Crippen LogP contribution in [0.4, 0.5) is 10.6 Å². The van der Waals surface area contributed by atoms with Crippen LogP contribution in [-0.2, 0) is 16.4 Å². The summed E-state index contributed by atoms with van der Waals surface area (Å²) < 4.78 is 28.5. The van der Waals surface area contributed by atoms with Gasteiger partial charge in [0.2, 0.25) is 0 Å². The summed E-state index contributed by atoms with van der Waals surface area (Å²) >= 11 is 0. The van der Waals surface area contributed by atoms with Gasteiger partial charge in [-0.25, -0.2) is 22.6 Å². The molecule has 0 saturated carbocycles. The zero-order chi connectivity index (χ0) is 20.1. The second-order valence-electron chi connectivity index (χ2n) is 6.37. The van der Waals surface area contributed by atoms with Gasteiger partial charge in [-0.1, -0.05) is 43.7 Å². The number of urea groups is 1. The molecule has 7 nitrogen and oxygen atoms in total. The van der Waals surface area contributed by atoms with Gasteiger partial charge in [-0.15, -0.1) is 0 Å². The third-order valence-corrected chi connectivity index (χ3v) is 5.42. The lowest BCUT2D eigenvalue weighted by Crippen LogP contribution is -2.34. The van der Waals surface area contributed by atoms with E-state index in [9.17, 15) is 13.2 Å². The number of amides is 2. The zero-order valence-electron chi connectivity index (χ0n) is 15.7. The van der Waals surface area contributed by atoms with E-state index in [0.717, 1.165) is 24.1 Å². The van der Waals surface area contributed by atoms with Crippen LogP contribution < -0.4 is 10.0 Å². The molecule has 0 atom stereocenters. The summed E-state index contributed by atoms with van der Waals surface area (Å²) in [7, 11) is -3.97. The molecule has 0 unspecified atom stereocenters. The minimum Gasteiger partial charge on any atom is -0.291 e. The van der Waals surface area contributed by atoms with Crippen molar-refractivity contribution in [2.24, 2.45) is 0 Å². The molecule has 0 saturated heterocycles. The van der Waals surface area contributed by atoms with Gasteiger partial charge in [0.05, 0.1) is 16.3 Å².